The van der Waals surface area contributed by atoms with E-state index in [9.17, 15) is 14.7 Å². The van der Waals surface area contributed by atoms with Gasteiger partial charge in [-0.3, -0.25) is 9.59 Å². The normalized spacial score (nSPS) is 27.1. The maximum atomic E-state index is 12.6. The Bertz CT molecular complexity index is 599. The van der Waals surface area contributed by atoms with E-state index in [-0.39, 0.29) is 24.2 Å². The van der Waals surface area contributed by atoms with Crippen molar-refractivity contribution in [3.63, 3.8) is 0 Å². The van der Waals surface area contributed by atoms with Crippen molar-refractivity contribution >= 4 is 23.3 Å². The molecule has 0 bridgehead atoms. The number of benzene rings is 1. The van der Waals surface area contributed by atoms with Gasteiger partial charge in [-0.2, -0.15) is 0 Å². The second-order valence-electron chi connectivity index (χ2n) is 7.27. The minimum Gasteiger partial charge on any atom is -0.380 e. The van der Waals surface area contributed by atoms with Crippen LogP contribution in [0.15, 0.2) is 24.3 Å². The lowest BCUT2D eigenvalue weighted by Gasteiger charge is -2.43. The number of hydrogen-bond donors (Lipinski definition) is 2. The average molecular weight is 352 g/mol. The fraction of sp³-hybridized carbons (Fsp3) is 0.579. The van der Waals surface area contributed by atoms with Crippen molar-refractivity contribution in [3.05, 3.63) is 34.9 Å². The van der Waals surface area contributed by atoms with Gasteiger partial charge in [-0.1, -0.05) is 38.8 Å². The zero-order chi connectivity index (χ0) is 17.9. The third kappa shape index (κ3) is 4.17. The first-order valence-corrected chi connectivity index (χ1v) is 8.91. The lowest BCUT2D eigenvalue weighted by atomic mass is 9.66. The molecule has 132 valence electrons. The van der Waals surface area contributed by atoms with Gasteiger partial charge in [0.05, 0.1) is 6.54 Å². The molecule has 0 unspecified atom stereocenters. The number of rotatable bonds is 5. The molecule has 3 atom stereocenters. The second kappa shape index (κ2) is 7.66. The summed E-state index contributed by atoms with van der Waals surface area (Å²) in [6, 6.07) is 6.54. The van der Waals surface area contributed by atoms with Crippen LogP contribution in [-0.4, -0.2) is 28.9 Å². The maximum absolute atomic E-state index is 12.6. The number of ketones is 1. The highest BCUT2D eigenvalue weighted by molar-refractivity contribution is 6.30. The van der Waals surface area contributed by atoms with Gasteiger partial charge in [0.15, 0.2) is 5.78 Å². The molecule has 1 aromatic rings. The first kappa shape index (κ1) is 18.9. The number of carbonyl (C=O) groups excluding carboxylic acids is 2. The molecule has 2 rings (SSSR count). The molecule has 0 spiro atoms. The molecule has 1 saturated carbocycles. The molecule has 24 heavy (non-hydrogen) atoms. The van der Waals surface area contributed by atoms with Crippen LogP contribution < -0.4 is 5.32 Å². The molecule has 5 heteroatoms. The van der Waals surface area contributed by atoms with E-state index in [1.54, 1.807) is 24.3 Å². The molecule has 0 heterocycles. The summed E-state index contributed by atoms with van der Waals surface area (Å²) in [4.78, 5) is 24.8. The maximum Gasteiger partial charge on any atom is 0.252 e. The number of nitrogens with one attached hydrogen (secondary N) is 1. The van der Waals surface area contributed by atoms with Gasteiger partial charge in [-0.15, -0.1) is 0 Å². The summed E-state index contributed by atoms with van der Waals surface area (Å²) in [6.45, 7) is 5.98. The summed E-state index contributed by atoms with van der Waals surface area (Å²) in [6.07, 6.45) is 2.28. The average Bonchev–Trinajstić information content (AvgIpc) is 2.52. The highest BCUT2D eigenvalue weighted by Crippen LogP contribution is 2.41. The van der Waals surface area contributed by atoms with Gasteiger partial charge in [-0.25, -0.2) is 0 Å². The van der Waals surface area contributed by atoms with Gasteiger partial charge in [0.2, 0.25) is 0 Å². The Hall–Kier alpha value is -1.39. The van der Waals surface area contributed by atoms with Gasteiger partial charge in [0.25, 0.3) is 5.91 Å². The zero-order valence-electron chi connectivity index (χ0n) is 14.5. The number of aliphatic hydroxyl groups is 1. The molecule has 0 saturated heterocycles. The van der Waals surface area contributed by atoms with Gasteiger partial charge in [0, 0.05) is 10.6 Å². The predicted molar refractivity (Wildman–Crippen MR) is 95.1 cm³/mol. The summed E-state index contributed by atoms with van der Waals surface area (Å²) < 4.78 is 0. The van der Waals surface area contributed by atoms with Gasteiger partial charge < -0.3 is 10.4 Å². The molecule has 1 amide bonds. The van der Waals surface area contributed by atoms with E-state index in [1.807, 2.05) is 20.8 Å². The van der Waals surface area contributed by atoms with Crippen molar-refractivity contribution in [2.75, 3.05) is 6.54 Å². The third-order valence-corrected chi connectivity index (χ3v) is 5.27. The molecular formula is C19H26ClNO3. The first-order chi connectivity index (χ1) is 11.2. The van der Waals surface area contributed by atoms with E-state index >= 15 is 0 Å². The lowest BCUT2D eigenvalue weighted by molar-refractivity contribution is -0.155. The minimum atomic E-state index is -1.40. The second-order valence-corrected chi connectivity index (χ2v) is 7.71. The third-order valence-electron chi connectivity index (χ3n) is 5.02. The van der Waals surface area contributed by atoms with E-state index < -0.39 is 11.5 Å². The Balaban J connectivity index is 2.04. The van der Waals surface area contributed by atoms with Gasteiger partial charge in [0.1, 0.15) is 5.60 Å². The summed E-state index contributed by atoms with van der Waals surface area (Å²) >= 11 is 5.81. The Morgan fingerprint density at radius 1 is 1.29 bits per heavy atom. The number of hydrogen-bond acceptors (Lipinski definition) is 3. The summed E-state index contributed by atoms with van der Waals surface area (Å²) in [5.41, 5.74) is -0.907. The molecule has 0 aliphatic heterocycles. The minimum absolute atomic E-state index is 0.0840. The van der Waals surface area contributed by atoms with E-state index in [0.717, 1.165) is 12.8 Å². The highest BCUT2D eigenvalue weighted by Gasteiger charge is 2.48. The first-order valence-electron chi connectivity index (χ1n) is 8.53. The van der Waals surface area contributed by atoms with Gasteiger partial charge >= 0.3 is 0 Å². The predicted octanol–water partition coefficient (Wildman–Crippen LogP) is 3.46. The molecule has 1 aromatic carbocycles. The summed E-state index contributed by atoms with van der Waals surface area (Å²) in [5, 5.41) is 14.2. The van der Waals surface area contributed by atoms with E-state index in [4.69, 9.17) is 11.6 Å². The van der Waals surface area contributed by atoms with Crippen LogP contribution >= 0.6 is 11.6 Å². The molecule has 0 radical (unpaired) electrons. The van der Waals surface area contributed by atoms with E-state index in [0.29, 0.717) is 22.9 Å². The van der Waals surface area contributed by atoms with Crippen LogP contribution in [0, 0.1) is 17.8 Å². The van der Waals surface area contributed by atoms with E-state index in [1.165, 1.54) is 0 Å². The van der Waals surface area contributed by atoms with Crippen LogP contribution in [0.25, 0.3) is 0 Å². The Morgan fingerprint density at radius 3 is 2.50 bits per heavy atom. The van der Waals surface area contributed by atoms with Crippen molar-refractivity contribution in [2.45, 2.75) is 45.6 Å². The molecular weight excluding hydrogens is 326 g/mol. The number of halogens is 1. The smallest absolute Gasteiger partial charge is 0.252 e. The molecule has 1 fully saturated rings. The van der Waals surface area contributed by atoms with Crippen molar-refractivity contribution in [2.24, 2.45) is 17.8 Å². The van der Waals surface area contributed by atoms with E-state index in [2.05, 4.69) is 5.32 Å². The van der Waals surface area contributed by atoms with Crippen molar-refractivity contribution in [3.8, 4) is 0 Å². The Morgan fingerprint density at radius 2 is 1.92 bits per heavy atom. The van der Waals surface area contributed by atoms with Crippen LogP contribution in [-0.2, 0) is 4.79 Å². The van der Waals surface area contributed by atoms with Crippen LogP contribution in [0.1, 0.15) is 50.4 Å². The fourth-order valence-electron chi connectivity index (χ4n) is 3.68. The van der Waals surface area contributed by atoms with Gasteiger partial charge in [-0.05, 0) is 54.9 Å². The van der Waals surface area contributed by atoms with Crippen LogP contribution in [0.2, 0.25) is 5.02 Å². The Labute approximate surface area is 148 Å². The number of amides is 1. The largest absolute Gasteiger partial charge is 0.380 e. The summed E-state index contributed by atoms with van der Waals surface area (Å²) in [5.74, 6) is -0.217. The van der Waals surface area contributed by atoms with Crippen LogP contribution in [0.5, 0.6) is 0 Å². The topological polar surface area (TPSA) is 66.4 Å². The fourth-order valence-corrected chi connectivity index (χ4v) is 3.81. The molecule has 1 aliphatic rings. The quantitative estimate of drug-likeness (QED) is 0.798. The van der Waals surface area contributed by atoms with Crippen molar-refractivity contribution in [1.82, 2.24) is 5.32 Å². The van der Waals surface area contributed by atoms with Crippen LogP contribution in [0.4, 0.5) is 0 Å². The highest BCUT2D eigenvalue weighted by atomic mass is 35.5. The SMILES string of the molecule is CC(C)[C@@H]1CC[C@@H](C)C[C@@]1(O)C(=O)NCC(=O)c1ccc(Cl)cc1. The number of Topliss-reactive ketones (excluding diaryl/α,β-unsaturated/α-hetero) is 1. The Kier molecular flexibility index (Phi) is 6.05. The molecule has 1 aliphatic carbocycles. The lowest BCUT2D eigenvalue weighted by Crippen LogP contribution is -2.56. The van der Waals surface area contributed by atoms with Crippen molar-refractivity contribution in [1.29, 1.82) is 0 Å². The number of carbonyl (C=O) groups is 2. The monoisotopic (exact) mass is 351 g/mol. The molecule has 0 aromatic heterocycles. The standard InChI is InChI=1S/C19H26ClNO3/c1-12(2)16-9-4-13(3)10-19(16,24)18(23)21-11-17(22)14-5-7-15(20)8-6-14/h5-8,12-13,16,24H,4,9-11H2,1-3H3,(H,21,23)/t13-,16+,19+/m1/s1. The molecule has 4 nitrogen and oxygen atoms in total. The zero-order valence-corrected chi connectivity index (χ0v) is 15.3. The summed E-state index contributed by atoms with van der Waals surface area (Å²) in [7, 11) is 0. The van der Waals surface area contributed by atoms with Crippen LogP contribution in [0.3, 0.4) is 0 Å². The molecule has 2 N–H and O–H groups in total. The van der Waals surface area contributed by atoms with Crippen molar-refractivity contribution < 1.29 is 14.7 Å².